The number of nitrogens with one attached hydrogen (secondary N) is 2. The van der Waals surface area contributed by atoms with Crippen LogP contribution in [0.15, 0.2) is 109 Å². The summed E-state index contributed by atoms with van der Waals surface area (Å²) in [5, 5.41) is 5.73. The van der Waals surface area contributed by atoms with Crippen LogP contribution in [-0.2, 0) is 6.54 Å². The van der Waals surface area contributed by atoms with Crippen LogP contribution < -0.4 is 20.1 Å². The maximum absolute atomic E-state index is 12.8. The summed E-state index contributed by atoms with van der Waals surface area (Å²) in [6.07, 6.45) is 0. The van der Waals surface area contributed by atoms with Gasteiger partial charge in [0.25, 0.3) is 11.8 Å². The molecule has 0 bridgehead atoms. The van der Waals surface area contributed by atoms with E-state index in [1.165, 1.54) is 0 Å². The zero-order chi connectivity index (χ0) is 24.3. The molecule has 4 aromatic carbocycles. The van der Waals surface area contributed by atoms with Crippen molar-refractivity contribution in [3.8, 4) is 11.5 Å². The Kier molecular flexibility index (Phi) is 8.11. The van der Waals surface area contributed by atoms with Gasteiger partial charge in [0.05, 0.1) is 11.3 Å². The summed E-state index contributed by atoms with van der Waals surface area (Å²) < 4.78 is 11.3. The first kappa shape index (κ1) is 23.6. The first-order valence-electron chi connectivity index (χ1n) is 11.3. The van der Waals surface area contributed by atoms with Crippen molar-refractivity contribution in [2.45, 2.75) is 6.54 Å². The fraction of sp³-hybridized carbons (Fsp3) is 0.103. The Morgan fingerprint density at radius 3 is 1.86 bits per heavy atom. The molecule has 0 saturated heterocycles. The van der Waals surface area contributed by atoms with Gasteiger partial charge < -0.3 is 20.1 Å². The molecule has 0 heterocycles. The lowest BCUT2D eigenvalue weighted by Gasteiger charge is -2.12. The third kappa shape index (κ3) is 6.95. The number of hydrogen-bond donors (Lipinski definition) is 2. The molecule has 4 aromatic rings. The third-order valence-corrected chi connectivity index (χ3v) is 5.20. The van der Waals surface area contributed by atoms with E-state index in [9.17, 15) is 9.59 Å². The van der Waals surface area contributed by atoms with Crippen LogP contribution in [0.25, 0.3) is 0 Å². The van der Waals surface area contributed by atoms with Gasteiger partial charge in [0.15, 0.2) is 0 Å². The first-order valence-corrected chi connectivity index (χ1v) is 11.3. The number of rotatable bonds is 10. The largest absolute Gasteiger partial charge is 0.490 e. The Bertz CT molecular complexity index is 1240. The fourth-order valence-corrected chi connectivity index (χ4v) is 3.40. The SMILES string of the molecule is O=C(Nc1ccccc1C(=O)NCc1ccccc1)c1ccc(OCCOc2ccccc2)cc1. The molecule has 35 heavy (non-hydrogen) atoms. The topological polar surface area (TPSA) is 76.7 Å². The molecule has 176 valence electrons. The average molecular weight is 467 g/mol. The predicted octanol–water partition coefficient (Wildman–Crippen LogP) is 5.33. The van der Waals surface area contributed by atoms with Gasteiger partial charge in [-0.05, 0) is 54.1 Å². The van der Waals surface area contributed by atoms with Gasteiger partial charge in [0, 0.05) is 12.1 Å². The van der Waals surface area contributed by atoms with Gasteiger partial charge in [-0.2, -0.15) is 0 Å². The summed E-state index contributed by atoms with van der Waals surface area (Å²) >= 11 is 0. The molecule has 0 saturated carbocycles. The van der Waals surface area contributed by atoms with Crippen molar-refractivity contribution < 1.29 is 19.1 Å². The van der Waals surface area contributed by atoms with Crippen molar-refractivity contribution in [1.82, 2.24) is 5.32 Å². The molecule has 2 N–H and O–H groups in total. The molecule has 0 aliphatic carbocycles. The smallest absolute Gasteiger partial charge is 0.255 e. The van der Waals surface area contributed by atoms with Crippen molar-refractivity contribution >= 4 is 17.5 Å². The highest BCUT2D eigenvalue weighted by Gasteiger charge is 2.14. The van der Waals surface area contributed by atoms with Gasteiger partial charge in [-0.15, -0.1) is 0 Å². The summed E-state index contributed by atoms with van der Waals surface area (Å²) in [6, 6.07) is 32.9. The van der Waals surface area contributed by atoms with E-state index in [1.54, 1.807) is 48.5 Å². The minimum absolute atomic E-state index is 0.258. The third-order valence-electron chi connectivity index (χ3n) is 5.20. The second-order valence-corrected chi connectivity index (χ2v) is 7.70. The van der Waals surface area contributed by atoms with Crippen LogP contribution in [0.5, 0.6) is 11.5 Å². The first-order chi connectivity index (χ1) is 17.2. The van der Waals surface area contributed by atoms with Gasteiger partial charge >= 0.3 is 0 Å². The quantitative estimate of drug-likeness (QED) is 0.310. The molecule has 6 heteroatoms. The predicted molar refractivity (Wildman–Crippen MR) is 136 cm³/mol. The molecule has 6 nitrogen and oxygen atoms in total. The maximum atomic E-state index is 12.8. The van der Waals surface area contributed by atoms with Gasteiger partial charge in [0.1, 0.15) is 24.7 Å². The fourth-order valence-electron chi connectivity index (χ4n) is 3.40. The Morgan fingerprint density at radius 1 is 0.600 bits per heavy atom. The summed E-state index contributed by atoms with van der Waals surface area (Å²) in [5.41, 5.74) is 2.30. The van der Waals surface area contributed by atoms with Crippen molar-refractivity contribution in [3.63, 3.8) is 0 Å². The monoisotopic (exact) mass is 466 g/mol. The van der Waals surface area contributed by atoms with Crippen molar-refractivity contribution in [2.24, 2.45) is 0 Å². The zero-order valence-electron chi connectivity index (χ0n) is 19.1. The highest BCUT2D eigenvalue weighted by molar-refractivity contribution is 6.09. The summed E-state index contributed by atoms with van der Waals surface area (Å²) in [5.74, 6) is 0.856. The minimum Gasteiger partial charge on any atom is -0.490 e. The van der Waals surface area contributed by atoms with E-state index in [1.807, 2.05) is 60.7 Å². The summed E-state index contributed by atoms with van der Waals surface area (Å²) in [7, 11) is 0. The summed E-state index contributed by atoms with van der Waals surface area (Å²) in [4.78, 5) is 25.5. The molecule has 2 amide bonds. The molecule has 0 unspecified atom stereocenters. The average Bonchev–Trinajstić information content (AvgIpc) is 2.91. The lowest BCUT2D eigenvalue weighted by Crippen LogP contribution is -2.24. The van der Waals surface area contributed by atoms with E-state index >= 15 is 0 Å². The number of ether oxygens (including phenoxy) is 2. The normalized spacial score (nSPS) is 10.3. The van der Waals surface area contributed by atoms with Crippen LogP contribution in [0.2, 0.25) is 0 Å². The second-order valence-electron chi connectivity index (χ2n) is 7.70. The number of carbonyl (C=O) groups excluding carboxylic acids is 2. The number of carbonyl (C=O) groups is 2. The number of benzene rings is 4. The van der Waals surface area contributed by atoms with E-state index in [0.29, 0.717) is 42.3 Å². The molecule has 0 fully saturated rings. The van der Waals surface area contributed by atoms with Crippen LogP contribution >= 0.6 is 0 Å². The number of anilines is 1. The van der Waals surface area contributed by atoms with Crippen LogP contribution in [0.3, 0.4) is 0 Å². The molecule has 0 radical (unpaired) electrons. The zero-order valence-corrected chi connectivity index (χ0v) is 19.1. The van der Waals surface area contributed by atoms with Crippen molar-refractivity contribution in [2.75, 3.05) is 18.5 Å². The van der Waals surface area contributed by atoms with Gasteiger partial charge in [0.2, 0.25) is 0 Å². The van der Waals surface area contributed by atoms with Crippen LogP contribution in [0.4, 0.5) is 5.69 Å². The van der Waals surface area contributed by atoms with Gasteiger partial charge in [-0.1, -0.05) is 60.7 Å². The summed E-state index contributed by atoms with van der Waals surface area (Å²) in [6.45, 7) is 1.20. The highest BCUT2D eigenvalue weighted by atomic mass is 16.5. The van der Waals surface area contributed by atoms with E-state index in [4.69, 9.17) is 9.47 Å². The van der Waals surface area contributed by atoms with Gasteiger partial charge in [-0.3, -0.25) is 9.59 Å². The Morgan fingerprint density at radius 2 is 1.17 bits per heavy atom. The lowest BCUT2D eigenvalue weighted by atomic mass is 10.1. The molecule has 0 aliphatic heterocycles. The van der Waals surface area contributed by atoms with Crippen LogP contribution in [0, 0.1) is 0 Å². The van der Waals surface area contributed by atoms with E-state index in [0.717, 1.165) is 11.3 Å². The number of hydrogen-bond acceptors (Lipinski definition) is 4. The molecular formula is C29H26N2O4. The Labute approximate surface area is 204 Å². The Hall–Kier alpha value is -4.58. The second kappa shape index (κ2) is 12.0. The minimum atomic E-state index is -0.313. The van der Waals surface area contributed by atoms with Crippen molar-refractivity contribution in [1.29, 1.82) is 0 Å². The lowest BCUT2D eigenvalue weighted by molar-refractivity contribution is 0.0952. The van der Waals surface area contributed by atoms with E-state index in [2.05, 4.69) is 10.6 Å². The molecule has 4 rings (SSSR count). The van der Waals surface area contributed by atoms with E-state index < -0.39 is 0 Å². The molecule has 0 aromatic heterocycles. The van der Waals surface area contributed by atoms with Gasteiger partial charge in [-0.25, -0.2) is 0 Å². The maximum Gasteiger partial charge on any atom is 0.255 e. The standard InChI is InChI=1S/C29H26N2O4/c32-28(23-15-17-25(18-16-23)35-20-19-34-24-11-5-2-6-12-24)31-27-14-8-7-13-26(27)29(33)30-21-22-9-3-1-4-10-22/h1-18H,19-21H2,(H,30,33)(H,31,32). The van der Waals surface area contributed by atoms with E-state index in [-0.39, 0.29) is 11.8 Å². The number of para-hydroxylation sites is 2. The van der Waals surface area contributed by atoms with Crippen molar-refractivity contribution in [3.05, 3.63) is 126 Å². The molecule has 0 atom stereocenters. The van der Waals surface area contributed by atoms with Crippen LogP contribution in [-0.4, -0.2) is 25.0 Å². The molecule has 0 aliphatic rings. The highest BCUT2D eigenvalue weighted by Crippen LogP contribution is 2.18. The molecular weight excluding hydrogens is 440 g/mol. The van der Waals surface area contributed by atoms with Crippen LogP contribution in [0.1, 0.15) is 26.3 Å². The Balaban J connectivity index is 1.30. The number of amides is 2. The molecule has 0 spiro atoms.